The molecule has 6 heteroatoms. The molecule has 0 aliphatic carbocycles. The van der Waals surface area contributed by atoms with E-state index in [1.165, 1.54) is 0 Å². The van der Waals surface area contributed by atoms with Gasteiger partial charge in [0.15, 0.2) is 0 Å². The van der Waals surface area contributed by atoms with Crippen molar-refractivity contribution in [2.75, 3.05) is 12.4 Å². The Bertz CT molecular complexity index is 662. The van der Waals surface area contributed by atoms with E-state index in [0.29, 0.717) is 16.7 Å². The van der Waals surface area contributed by atoms with Gasteiger partial charge in [0.05, 0.1) is 6.20 Å². The number of nitrogens with one attached hydrogen (secondary N) is 1. The van der Waals surface area contributed by atoms with Crippen molar-refractivity contribution in [3.63, 3.8) is 0 Å². The van der Waals surface area contributed by atoms with Crippen molar-refractivity contribution in [1.82, 2.24) is 9.97 Å². The Kier molecular flexibility index (Phi) is 4.63. The second-order valence-electron chi connectivity index (χ2n) is 4.99. The quantitative estimate of drug-likeness (QED) is 0.901. The fourth-order valence-corrected chi connectivity index (χ4v) is 2.31. The van der Waals surface area contributed by atoms with Crippen molar-refractivity contribution in [3.05, 3.63) is 40.3 Å². The highest BCUT2D eigenvalue weighted by atomic mass is 35.5. The predicted molar refractivity (Wildman–Crippen MR) is 81.9 cm³/mol. The predicted octanol–water partition coefficient (Wildman–Crippen LogP) is 4.53. The number of hydrogen-bond acceptors (Lipinski definition) is 4. The van der Waals surface area contributed by atoms with Crippen LogP contribution >= 0.6 is 11.6 Å². The van der Waals surface area contributed by atoms with Crippen LogP contribution in [0.1, 0.15) is 30.9 Å². The maximum Gasteiger partial charge on any atom is 0.260 e. The Morgan fingerprint density at radius 1 is 1.33 bits per heavy atom. The summed E-state index contributed by atoms with van der Waals surface area (Å²) in [5, 5.41) is 3.42. The maximum atomic E-state index is 13.8. The van der Waals surface area contributed by atoms with Crippen molar-refractivity contribution >= 4 is 17.5 Å². The third-order valence-corrected chi connectivity index (χ3v) is 3.39. The Morgan fingerprint density at radius 2 is 2.05 bits per heavy atom. The monoisotopic (exact) mass is 309 g/mol. The number of halogens is 2. The number of aryl methyl sites for hydroxylation is 1. The maximum absolute atomic E-state index is 13.8. The van der Waals surface area contributed by atoms with Crippen LogP contribution in [0.4, 0.5) is 10.3 Å². The first-order valence-electron chi connectivity index (χ1n) is 6.60. The molecule has 0 aliphatic heterocycles. The molecule has 0 atom stereocenters. The van der Waals surface area contributed by atoms with Crippen LogP contribution in [0.3, 0.4) is 0 Å². The second-order valence-corrected chi connectivity index (χ2v) is 5.40. The van der Waals surface area contributed by atoms with E-state index in [1.54, 1.807) is 7.05 Å². The number of anilines is 1. The first-order chi connectivity index (χ1) is 9.92. The minimum Gasteiger partial charge on any atom is -0.436 e. The van der Waals surface area contributed by atoms with Gasteiger partial charge >= 0.3 is 0 Å². The Morgan fingerprint density at radius 3 is 2.67 bits per heavy atom. The highest BCUT2D eigenvalue weighted by molar-refractivity contribution is 6.31. The molecule has 0 saturated heterocycles. The molecule has 0 aliphatic rings. The van der Waals surface area contributed by atoms with Gasteiger partial charge in [-0.3, -0.25) is 0 Å². The van der Waals surface area contributed by atoms with Crippen LogP contribution in [0.25, 0.3) is 0 Å². The van der Waals surface area contributed by atoms with Crippen LogP contribution < -0.4 is 10.1 Å². The molecule has 0 amide bonds. The molecule has 112 valence electrons. The van der Waals surface area contributed by atoms with E-state index in [4.69, 9.17) is 16.3 Å². The van der Waals surface area contributed by atoms with Crippen LogP contribution in [0.2, 0.25) is 5.02 Å². The van der Waals surface area contributed by atoms with E-state index in [0.717, 1.165) is 17.3 Å². The zero-order valence-electron chi connectivity index (χ0n) is 12.4. The van der Waals surface area contributed by atoms with Crippen molar-refractivity contribution in [2.45, 2.75) is 26.7 Å². The molecule has 1 aromatic heterocycles. The molecule has 4 nitrogen and oxygen atoms in total. The lowest BCUT2D eigenvalue weighted by molar-refractivity contribution is 0.417. The topological polar surface area (TPSA) is 47.0 Å². The number of ether oxygens (including phenoxy) is 1. The Balaban J connectivity index is 2.42. The fraction of sp³-hybridized carbons (Fsp3) is 0.333. The van der Waals surface area contributed by atoms with Gasteiger partial charge in [0.25, 0.3) is 5.88 Å². The van der Waals surface area contributed by atoms with Gasteiger partial charge in [-0.1, -0.05) is 25.4 Å². The van der Waals surface area contributed by atoms with Gasteiger partial charge in [0, 0.05) is 12.1 Å². The van der Waals surface area contributed by atoms with Gasteiger partial charge in [-0.25, -0.2) is 4.98 Å². The normalized spacial score (nSPS) is 10.8. The SMILES string of the molecule is CNc1ncc(F)c(Oc2cc(C(C)C)c(Cl)cc2C)n1. The summed E-state index contributed by atoms with van der Waals surface area (Å²) in [4.78, 5) is 7.75. The first kappa shape index (κ1) is 15.5. The summed E-state index contributed by atoms with van der Waals surface area (Å²) in [6, 6.07) is 3.63. The summed E-state index contributed by atoms with van der Waals surface area (Å²) in [5.74, 6) is 0.331. The minimum absolute atomic E-state index is 0.116. The third kappa shape index (κ3) is 3.42. The molecule has 0 spiro atoms. The average molecular weight is 310 g/mol. The molecule has 0 bridgehead atoms. The number of nitrogens with zero attached hydrogens (tertiary/aromatic N) is 2. The van der Waals surface area contributed by atoms with Crippen LogP contribution in [0, 0.1) is 12.7 Å². The number of aromatic nitrogens is 2. The van der Waals surface area contributed by atoms with Gasteiger partial charge < -0.3 is 10.1 Å². The lowest BCUT2D eigenvalue weighted by Gasteiger charge is -2.14. The number of hydrogen-bond donors (Lipinski definition) is 1. The van der Waals surface area contributed by atoms with E-state index < -0.39 is 5.82 Å². The molecule has 1 N–H and O–H groups in total. The molecule has 0 radical (unpaired) electrons. The standard InChI is InChI=1S/C15H17ClFN3O/c1-8(2)10-6-13(9(3)5-11(10)16)21-14-12(17)7-19-15(18-4)20-14/h5-8H,1-4H3,(H,18,19,20). The minimum atomic E-state index is -0.616. The van der Waals surface area contributed by atoms with Gasteiger partial charge in [-0.05, 0) is 36.1 Å². The van der Waals surface area contributed by atoms with E-state index in [1.807, 2.05) is 32.9 Å². The average Bonchev–Trinajstić information content (AvgIpc) is 2.43. The van der Waals surface area contributed by atoms with Crippen molar-refractivity contribution < 1.29 is 9.13 Å². The molecule has 2 rings (SSSR count). The summed E-state index contributed by atoms with van der Waals surface area (Å²) >= 11 is 6.21. The largest absolute Gasteiger partial charge is 0.436 e. The summed E-state index contributed by atoms with van der Waals surface area (Å²) in [6.07, 6.45) is 1.07. The fourth-order valence-electron chi connectivity index (χ4n) is 1.87. The number of rotatable bonds is 4. The molecule has 0 saturated carbocycles. The van der Waals surface area contributed by atoms with Crippen LogP contribution in [-0.2, 0) is 0 Å². The van der Waals surface area contributed by atoms with E-state index in [-0.39, 0.29) is 11.8 Å². The summed E-state index contributed by atoms with van der Waals surface area (Å²) < 4.78 is 19.4. The smallest absolute Gasteiger partial charge is 0.260 e. The van der Waals surface area contributed by atoms with Crippen LogP contribution in [0.5, 0.6) is 11.6 Å². The molecule has 21 heavy (non-hydrogen) atoms. The van der Waals surface area contributed by atoms with E-state index in [9.17, 15) is 4.39 Å². The van der Waals surface area contributed by atoms with Gasteiger partial charge in [-0.2, -0.15) is 9.37 Å². The Hall–Kier alpha value is -1.88. The molecule has 1 heterocycles. The highest BCUT2D eigenvalue weighted by Crippen LogP contribution is 2.34. The van der Waals surface area contributed by atoms with Crippen LogP contribution in [-0.4, -0.2) is 17.0 Å². The van der Waals surface area contributed by atoms with Crippen molar-refractivity contribution in [2.24, 2.45) is 0 Å². The van der Waals surface area contributed by atoms with Gasteiger partial charge in [0.2, 0.25) is 11.8 Å². The van der Waals surface area contributed by atoms with Crippen molar-refractivity contribution in [3.8, 4) is 11.6 Å². The molecule has 2 aromatic rings. The highest BCUT2D eigenvalue weighted by Gasteiger charge is 2.14. The third-order valence-electron chi connectivity index (χ3n) is 3.06. The van der Waals surface area contributed by atoms with Crippen molar-refractivity contribution in [1.29, 1.82) is 0 Å². The molecular weight excluding hydrogens is 293 g/mol. The van der Waals surface area contributed by atoms with E-state index in [2.05, 4.69) is 15.3 Å². The summed E-state index contributed by atoms with van der Waals surface area (Å²) in [7, 11) is 1.65. The van der Waals surface area contributed by atoms with Crippen LogP contribution in [0.15, 0.2) is 18.3 Å². The molecule has 0 unspecified atom stereocenters. The molecule has 0 fully saturated rings. The summed E-state index contributed by atoms with van der Waals surface area (Å²) in [6.45, 7) is 5.92. The first-order valence-corrected chi connectivity index (χ1v) is 6.98. The lowest BCUT2D eigenvalue weighted by atomic mass is 10.0. The summed E-state index contributed by atoms with van der Waals surface area (Å²) in [5.41, 5.74) is 1.76. The van der Waals surface area contributed by atoms with Gasteiger partial charge in [0.1, 0.15) is 5.75 Å². The zero-order chi connectivity index (χ0) is 15.6. The van der Waals surface area contributed by atoms with E-state index >= 15 is 0 Å². The number of benzene rings is 1. The lowest BCUT2D eigenvalue weighted by Crippen LogP contribution is -2.01. The van der Waals surface area contributed by atoms with Gasteiger partial charge in [-0.15, -0.1) is 0 Å². The second kappa shape index (κ2) is 6.26. The molecule has 1 aromatic carbocycles. The molecular formula is C15H17ClFN3O. The zero-order valence-corrected chi connectivity index (χ0v) is 13.1. The Labute approximate surface area is 128 Å².